The van der Waals surface area contributed by atoms with Gasteiger partial charge in [0.15, 0.2) is 0 Å². The highest BCUT2D eigenvalue weighted by atomic mass is 16.4. The Bertz CT molecular complexity index is 493. The molecule has 0 radical (unpaired) electrons. The van der Waals surface area contributed by atoms with Crippen molar-refractivity contribution in [3.05, 3.63) is 34.9 Å². The van der Waals surface area contributed by atoms with Gasteiger partial charge in [0.2, 0.25) is 0 Å². The molecule has 21 heavy (non-hydrogen) atoms. The van der Waals surface area contributed by atoms with E-state index in [2.05, 4.69) is 25.8 Å². The maximum Gasteiger partial charge on any atom is 0.335 e. The lowest BCUT2D eigenvalue weighted by atomic mass is 9.72. The lowest BCUT2D eigenvalue weighted by Gasteiger charge is -2.32. The Kier molecular flexibility index (Phi) is 6.60. The highest BCUT2D eigenvalue weighted by Gasteiger charge is 2.26. The van der Waals surface area contributed by atoms with Crippen LogP contribution in [-0.2, 0) is 4.79 Å². The van der Waals surface area contributed by atoms with Gasteiger partial charge in [0.1, 0.15) is 0 Å². The number of carbonyl (C=O) groups is 1. The Morgan fingerprint density at radius 3 is 2.71 bits per heavy atom. The van der Waals surface area contributed by atoms with Gasteiger partial charge in [0.05, 0.1) is 5.57 Å². The van der Waals surface area contributed by atoms with Crippen LogP contribution in [0.3, 0.4) is 0 Å². The molecule has 1 aliphatic carbocycles. The molecule has 1 aliphatic rings. The maximum absolute atomic E-state index is 11.3. The highest BCUT2D eigenvalue weighted by molar-refractivity contribution is 5.95. The van der Waals surface area contributed by atoms with E-state index in [1.807, 2.05) is 13.0 Å². The van der Waals surface area contributed by atoms with E-state index in [-0.39, 0.29) is 11.0 Å². The van der Waals surface area contributed by atoms with Gasteiger partial charge in [-0.05, 0) is 55.7 Å². The van der Waals surface area contributed by atoms with Crippen molar-refractivity contribution in [1.82, 2.24) is 0 Å². The molecular formula is C18H27NO2. The standard InChI is InChI=1S/C18H27NO2/c1-5-12-19-13-10-15(17(20)21)8-9-16-14(2)7-6-11-18(16,3)4/h8-10,13H,5-7,11-12H2,1-4H3,(H,20,21)/b9-8+,15-10+,19-13?. The minimum Gasteiger partial charge on any atom is -0.478 e. The van der Waals surface area contributed by atoms with Gasteiger partial charge in [0.25, 0.3) is 0 Å². The molecule has 0 aliphatic heterocycles. The number of aliphatic imine (C=N–C) groups is 1. The molecule has 1 N–H and O–H groups in total. The SMILES string of the molecule is CCCN=C/C=C(\C=C\C1=C(C)CCCC1(C)C)C(=O)O. The van der Waals surface area contributed by atoms with Gasteiger partial charge in [0, 0.05) is 12.8 Å². The number of carboxylic acid groups (broad SMARTS) is 1. The summed E-state index contributed by atoms with van der Waals surface area (Å²) in [5.74, 6) is -0.916. The number of hydrogen-bond acceptors (Lipinski definition) is 2. The molecule has 0 unspecified atom stereocenters. The van der Waals surface area contributed by atoms with Crippen molar-refractivity contribution in [2.45, 2.75) is 53.4 Å². The van der Waals surface area contributed by atoms with Crippen LogP contribution in [0.25, 0.3) is 0 Å². The zero-order valence-electron chi connectivity index (χ0n) is 13.6. The predicted octanol–water partition coefficient (Wildman–Crippen LogP) is 4.56. The fourth-order valence-electron chi connectivity index (χ4n) is 2.72. The largest absolute Gasteiger partial charge is 0.478 e. The lowest BCUT2D eigenvalue weighted by Crippen LogP contribution is -2.19. The van der Waals surface area contributed by atoms with Crippen LogP contribution < -0.4 is 0 Å². The third-order valence-electron chi connectivity index (χ3n) is 3.93. The van der Waals surface area contributed by atoms with Crippen LogP contribution >= 0.6 is 0 Å². The summed E-state index contributed by atoms with van der Waals surface area (Å²) in [6.07, 6.45) is 11.3. The van der Waals surface area contributed by atoms with E-state index in [1.54, 1.807) is 18.4 Å². The summed E-state index contributed by atoms with van der Waals surface area (Å²) < 4.78 is 0. The summed E-state index contributed by atoms with van der Waals surface area (Å²) in [7, 11) is 0. The van der Waals surface area contributed by atoms with Gasteiger partial charge in [-0.3, -0.25) is 4.99 Å². The molecule has 1 rings (SSSR count). The first-order valence-corrected chi connectivity index (χ1v) is 7.70. The number of allylic oxidation sites excluding steroid dienone is 4. The topological polar surface area (TPSA) is 49.7 Å². The van der Waals surface area contributed by atoms with Crippen LogP contribution in [0.5, 0.6) is 0 Å². The molecule has 0 atom stereocenters. The van der Waals surface area contributed by atoms with Gasteiger partial charge in [-0.1, -0.05) is 32.4 Å². The summed E-state index contributed by atoms with van der Waals surface area (Å²) in [4.78, 5) is 15.4. The molecule has 116 valence electrons. The van der Waals surface area contributed by atoms with E-state index in [1.165, 1.54) is 17.6 Å². The van der Waals surface area contributed by atoms with E-state index >= 15 is 0 Å². The summed E-state index contributed by atoms with van der Waals surface area (Å²) in [6.45, 7) is 9.36. The molecule has 3 nitrogen and oxygen atoms in total. The second kappa shape index (κ2) is 7.96. The van der Waals surface area contributed by atoms with Crippen molar-refractivity contribution in [2.24, 2.45) is 10.4 Å². The Morgan fingerprint density at radius 2 is 2.14 bits per heavy atom. The number of aliphatic carboxylic acids is 1. The fourth-order valence-corrected chi connectivity index (χ4v) is 2.72. The number of rotatable bonds is 6. The normalized spacial score (nSPS) is 19.7. The third kappa shape index (κ3) is 5.33. The average Bonchev–Trinajstić information content (AvgIpc) is 2.39. The van der Waals surface area contributed by atoms with Crippen molar-refractivity contribution in [1.29, 1.82) is 0 Å². The Labute approximate surface area is 128 Å². The first kappa shape index (κ1) is 17.4. The van der Waals surface area contributed by atoms with Crippen molar-refractivity contribution in [2.75, 3.05) is 6.54 Å². The van der Waals surface area contributed by atoms with Crippen LogP contribution in [-0.4, -0.2) is 23.8 Å². The van der Waals surface area contributed by atoms with Gasteiger partial charge >= 0.3 is 5.97 Å². The van der Waals surface area contributed by atoms with Crippen molar-refractivity contribution < 1.29 is 9.90 Å². The van der Waals surface area contributed by atoms with Crippen LogP contribution in [0.2, 0.25) is 0 Å². The van der Waals surface area contributed by atoms with Crippen LogP contribution in [0, 0.1) is 5.41 Å². The Morgan fingerprint density at radius 1 is 1.43 bits per heavy atom. The molecule has 0 bridgehead atoms. The zero-order valence-corrected chi connectivity index (χ0v) is 13.6. The van der Waals surface area contributed by atoms with E-state index in [0.29, 0.717) is 0 Å². The minimum absolute atomic E-state index is 0.124. The first-order chi connectivity index (χ1) is 9.88. The van der Waals surface area contributed by atoms with Gasteiger partial charge in [-0.2, -0.15) is 0 Å². The third-order valence-corrected chi connectivity index (χ3v) is 3.93. The summed E-state index contributed by atoms with van der Waals surface area (Å²) in [5.41, 5.74) is 3.04. The molecule has 0 fully saturated rings. The van der Waals surface area contributed by atoms with Crippen molar-refractivity contribution >= 4 is 12.2 Å². The quantitative estimate of drug-likeness (QED) is 0.442. The minimum atomic E-state index is -0.916. The van der Waals surface area contributed by atoms with E-state index < -0.39 is 5.97 Å². The molecule has 0 saturated carbocycles. The van der Waals surface area contributed by atoms with Gasteiger partial charge in [-0.25, -0.2) is 4.79 Å². The van der Waals surface area contributed by atoms with Crippen LogP contribution in [0.4, 0.5) is 0 Å². The molecule has 0 aromatic carbocycles. The first-order valence-electron chi connectivity index (χ1n) is 7.70. The van der Waals surface area contributed by atoms with Crippen molar-refractivity contribution in [3.63, 3.8) is 0 Å². The van der Waals surface area contributed by atoms with E-state index in [9.17, 15) is 9.90 Å². The number of nitrogens with zero attached hydrogens (tertiary/aromatic N) is 1. The maximum atomic E-state index is 11.3. The Balaban J connectivity index is 2.95. The van der Waals surface area contributed by atoms with Crippen molar-refractivity contribution in [3.8, 4) is 0 Å². The lowest BCUT2D eigenvalue weighted by molar-refractivity contribution is -0.132. The summed E-state index contributed by atoms with van der Waals surface area (Å²) in [5, 5.41) is 9.26. The molecular weight excluding hydrogens is 262 g/mol. The zero-order chi connectivity index (χ0) is 15.9. The average molecular weight is 289 g/mol. The monoisotopic (exact) mass is 289 g/mol. The smallest absolute Gasteiger partial charge is 0.335 e. The van der Waals surface area contributed by atoms with E-state index in [0.717, 1.165) is 25.8 Å². The number of carboxylic acids is 1. The molecule has 0 amide bonds. The molecule has 0 aromatic rings. The molecule has 0 aromatic heterocycles. The Hall–Kier alpha value is -1.64. The van der Waals surface area contributed by atoms with E-state index in [4.69, 9.17) is 0 Å². The number of hydrogen-bond donors (Lipinski definition) is 1. The highest BCUT2D eigenvalue weighted by Crippen LogP contribution is 2.40. The van der Waals surface area contributed by atoms with Gasteiger partial charge < -0.3 is 5.11 Å². The summed E-state index contributed by atoms with van der Waals surface area (Å²) in [6, 6.07) is 0. The molecule has 0 spiro atoms. The van der Waals surface area contributed by atoms with Crippen LogP contribution in [0.1, 0.15) is 53.4 Å². The molecule has 0 saturated heterocycles. The summed E-state index contributed by atoms with van der Waals surface area (Å²) >= 11 is 0. The van der Waals surface area contributed by atoms with Gasteiger partial charge in [-0.15, -0.1) is 0 Å². The molecule has 3 heteroatoms. The fraction of sp³-hybridized carbons (Fsp3) is 0.556. The predicted molar refractivity (Wildman–Crippen MR) is 88.8 cm³/mol. The second-order valence-electron chi connectivity index (χ2n) is 6.25. The molecule has 0 heterocycles. The van der Waals surface area contributed by atoms with Crippen LogP contribution in [0.15, 0.2) is 39.9 Å². The second-order valence-corrected chi connectivity index (χ2v) is 6.25.